The summed E-state index contributed by atoms with van der Waals surface area (Å²) >= 11 is 3.65. The van der Waals surface area contributed by atoms with Gasteiger partial charge in [-0.15, -0.1) is 0 Å². The van der Waals surface area contributed by atoms with Crippen molar-refractivity contribution >= 4 is 15.9 Å². The van der Waals surface area contributed by atoms with E-state index in [9.17, 15) is 0 Å². The molecule has 0 spiro atoms. The van der Waals surface area contributed by atoms with Crippen molar-refractivity contribution < 1.29 is 4.74 Å². The molecule has 0 saturated carbocycles. The molecule has 4 nitrogen and oxygen atoms in total. The number of aryl methyl sites for hydroxylation is 1. The number of hydrogen-bond acceptors (Lipinski definition) is 3. The van der Waals surface area contributed by atoms with Crippen LogP contribution in [0.3, 0.4) is 0 Å². The van der Waals surface area contributed by atoms with Gasteiger partial charge < -0.3 is 10.1 Å². The number of ether oxygens (including phenoxy) is 1. The van der Waals surface area contributed by atoms with Gasteiger partial charge in [-0.1, -0.05) is 0 Å². The van der Waals surface area contributed by atoms with Gasteiger partial charge in [0.2, 0.25) is 0 Å². The maximum atomic E-state index is 5.42. The number of halogens is 1. The first-order valence-electron chi connectivity index (χ1n) is 6.53. The van der Waals surface area contributed by atoms with Crippen molar-refractivity contribution in [2.24, 2.45) is 0 Å². The van der Waals surface area contributed by atoms with Gasteiger partial charge in [-0.05, 0) is 66.5 Å². The second-order valence-corrected chi connectivity index (χ2v) is 5.71. The summed E-state index contributed by atoms with van der Waals surface area (Å²) in [5.41, 5.74) is 6.68. The molecule has 0 atom stereocenters. The van der Waals surface area contributed by atoms with Crippen LogP contribution >= 0.6 is 15.9 Å². The molecule has 0 bridgehead atoms. The normalized spacial score (nSPS) is 10.9. The minimum absolute atomic E-state index is 0.751. The maximum absolute atomic E-state index is 5.42. The number of rotatable bonds is 4. The standard InChI is InChI=1S/C15H20BrN3O/c1-8-6-12(20-5)9(2)10(3)13(8)15-14(16)11(7-17-4)18-19-15/h6,17H,7H2,1-5H3,(H,18,19). The molecule has 0 aliphatic carbocycles. The summed E-state index contributed by atoms with van der Waals surface area (Å²) in [6.07, 6.45) is 0. The molecule has 1 heterocycles. The van der Waals surface area contributed by atoms with Crippen molar-refractivity contribution in [2.75, 3.05) is 14.2 Å². The Labute approximate surface area is 128 Å². The lowest BCUT2D eigenvalue weighted by Crippen LogP contribution is -2.05. The monoisotopic (exact) mass is 337 g/mol. The van der Waals surface area contributed by atoms with E-state index in [1.807, 2.05) is 7.05 Å². The molecule has 0 amide bonds. The molecule has 5 heteroatoms. The van der Waals surface area contributed by atoms with Crippen LogP contribution in [-0.4, -0.2) is 24.4 Å². The Morgan fingerprint density at radius 2 is 2.00 bits per heavy atom. The van der Waals surface area contributed by atoms with Gasteiger partial charge in [0.15, 0.2) is 0 Å². The topological polar surface area (TPSA) is 49.9 Å². The lowest BCUT2D eigenvalue weighted by molar-refractivity contribution is 0.411. The molecule has 2 aromatic rings. The van der Waals surface area contributed by atoms with Crippen molar-refractivity contribution in [1.29, 1.82) is 0 Å². The first kappa shape index (κ1) is 15.1. The van der Waals surface area contributed by atoms with Crippen molar-refractivity contribution in [1.82, 2.24) is 15.5 Å². The summed E-state index contributed by atoms with van der Waals surface area (Å²) in [5, 5.41) is 10.7. The second kappa shape index (κ2) is 5.97. The van der Waals surface area contributed by atoms with Crippen LogP contribution in [-0.2, 0) is 6.54 Å². The fourth-order valence-electron chi connectivity index (χ4n) is 2.45. The van der Waals surface area contributed by atoms with Crippen molar-refractivity contribution in [3.63, 3.8) is 0 Å². The third kappa shape index (κ3) is 2.47. The average Bonchev–Trinajstić information content (AvgIpc) is 2.77. The Morgan fingerprint density at radius 1 is 1.30 bits per heavy atom. The Hall–Kier alpha value is -1.33. The van der Waals surface area contributed by atoms with E-state index in [2.05, 4.69) is 58.3 Å². The minimum atomic E-state index is 0.751. The fraction of sp³-hybridized carbons (Fsp3) is 0.400. The van der Waals surface area contributed by atoms with Crippen LogP contribution < -0.4 is 10.1 Å². The van der Waals surface area contributed by atoms with Crippen molar-refractivity contribution in [2.45, 2.75) is 27.3 Å². The van der Waals surface area contributed by atoms with E-state index in [4.69, 9.17) is 4.74 Å². The van der Waals surface area contributed by atoms with Gasteiger partial charge in [0.1, 0.15) is 11.4 Å². The smallest absolute Gasteiger partial charge is 0.122 e. The first-order valence-corrected chi connectivity index (χ1v) is 7.33. The molecule has 0 radical (unpaired) electrons. The van der Waals surface area contributed by atoms with E-state index in [0.29, 0.717) is 0 Å². The molecule has 1 aromatic carbocycles. The van der Waals surface area contributed by atoms with Crippen LogP contribution in [0.1, 0.15) is 22.4 Å². The Balaban J connectivity index is 2.61. The third-order valence-electron chi connectivity index (χ3n) is 3.63. The van der Waals surface area contributed by atoms with Crippen LogP contribution in [0.15, 0.2) is 10.5 Å². The molecule has 20 heavy (non-hydrogen) atoms. The Morgan fingerprint density at radius 3 is 2.60 bits per heavy atom. The van der Waals surface area contributed by atoms with Crippen LogP contribution in [0.5, 0.6) is 5.75 Å². The highest BCUT2D eigenvalue weighted by Gasteiger charge is 2.18. The largest absolute Gasteiger partial charge is 0.496 e. The minimum Gasteiger partial charge on any atom is -0.496 e. The van der Waals surface area contributed by atoms with Gasteiger partial charge in [0.25, 0.3) is 0 Å². The number of nitrogens with zero attached hydrogens (tertiary/aromatic N) is 1. The summed E-state index contributed by atoms with van der Waals surface area (Å²) in [4.78, 5) is 0. The van der Waals surface area contributed by atoms with E-state index in [1.54, 1.807) is 7.11 Å². The first-order chi connectivity index (χ1) is 9.51. The number of benzene rings is 1. The van der Waals surface area contributed by atoms with Crippen LogP contribution in [0, 0.1) is 20.8 Å². The summed E-state index contributed by atoms with van der Waals surface area (Å²) < 4.78 is 6.44. The molecule has 2 rings (SSSR count). The third-order valence-corrected chi connectivity index (χ3v) is 4.49. The van der Waals surface area contributed by atoms with Gasteiger partial charge in [-0.25, -0.2) is 0 Å². The maximum Gasteiger partial charge on any atom is 0.122 e. The average molecular weight is 338 g/mol. The molecule has 0 aliphatic heterocycles. The molecule has 0 fully saturated rings. The number of hydrogen-bond donors (Lipinski definition) is 2. The van der Waals surface area contributed by atoms with E-state index in [1.165, 1.54) is 5.56 Å². The highest BCUT2D eigenvalue weighted by atomic mass is 79.9. The Bertz CT molecular complexity index is 635. The van der Waals surface area contributed by atoms with Gasteiger partial charge in [0.05, 0.1) is 17.3 Å². The quantitative estimate of drug-likeness (QED) is 0.897. The fourth-order valence-corrected chi connectivity index (χ4v) is 2.96. The second-order valence-electron chi connectivity index (χ2n) is 4.92. The summed E-state index contributed by atoms with van der Waals surface area (Å²) in [7, 11) is 3.62. The van der Waals surface area contributed by atoms with Crippen molar-refractivity contribution in [3.8, 4) is 17.0 Å². The predicted octanol–water partition coefficient (Wildman–Crippen LogP) is 3.49. The zero-order valence-corrected chi connectivity index (χ0v) is 14.1. The van der Waals surface area contributed by atoms with Crippen molar-refractivity contribution in [3.05, 3.63) is 32.9 Å². The van der Waals surface area contributed by atoms with Crippen LogP contribution in [0.25, 0.3) is 11.3 Å². The Kier molecular flexibility index (Phi) is 4.50. The number of aromatic nitrogens is 2. The highest BCUT2D eigenvalue weighted by Crippen LogP contribution is 2.37. The molecule has 1 aromatic heterocycles. The number of nitrogens with one attached hydrogen (secondary N) is 2. The number of methoxy groups -OCH3 is 1. The molecular weight excluding hydrogens is 318 g/mol. The number of H-pyrrole nitrogens is 1. The van der Waals surface area contributed by atoms with E-state index < -0.39 is 0 Å². The van der Waals surface area contributed by atoms with Crippen LogP contribution in [0.4, 0.5) is 0 Å². The van der Waals surface area contributed by atoms with Crippen LogP contribution in [0.2, 0.25) is 0 Å². The molecular formula is C15H20BrN3O. The number of aromatic amines is 1. The SMILES string of the molecule is CNCc1[nH]nc(-c2c(C)cc(OC)c(C)c2C)c1Br. The summed E-state index contributed by atoms with van der Waals surface area (Å²) in [5.74, 6) is 0.922. The van der Waals surface area contributed by atoms with Gasteiger partial charge in [-0.2, -0.15) is 5.10 Å². The van der Waals surface area contributed by atoms with E-state index in [0.717, 1.165) is 44.8 Å². The summed E-state index contributed by atoms with van der Waals surface area (Å²) in [6, 6.07) is 2.07. The summed E-state index contributed by atoms with van der Waals surface area (Å²) in [6.45, 7) is 7.02. The van der Waals surface area contributed by atoms with Gasteiger partial charge >= 0.3 is 0 Å². The van der Waals surface area contributed by atoms with E-state index >= 15 is 0 Å². The predicted molar refractivity (Wildman–Crippen MR) is 85.3 cm³/mol. The zero-order valence-electron chi connectivity index (χ0n) is 12.5. The highest BCUT2D eigenvalue weighted by molar-refractivity contribution is 9.10. The lowest BCUT2D eigenvalue weighted by atomic mass is 9.95. The lowest BCUT2D eigenvalue weighted by Gasteiger charge is -2.15. The zero-order chi connectivity index (χ0) is 14.9. The van der Waals surface area contributed by atoms with Gasteiger partial charge in [-0.3, -0.25) is 5.10 Å². The molecule has 0 unspecified atom stereocenters. The van der Waals surface area contributed by atoms with E-state index in [-0.39, 0.29) is 0 Å². The van der Waals surface area contributed by atoms with Gasteiger partial charge in [0, 0.05) is 12.1 Å². The molecule has 0 saturated heterocycles. The molecule has 0 aliphatic rings. The molecule has 108 valence electrons. The molecule has 2 N–H and O–H groups in total.